The highest BCUT2D eigenvalue weighted by Crippen LogP contribution is 2.41. The lowest BCUT2D eigenvalue weighted by Gasteiger charge is -2.38. The molecule has 0 saturated carbocycles. The van der Waals surface area contributed by atoms with Crippen molar-refractivity contribution in [2.24, 2.45) is 0 Å². The van der Waals surface area contributed by atoms with E-state index in [4.69, 9.17) is 9.47 Å². The van der Waals surface area contributed by atoms with Gasteiger partial charge in [0, 0.05) is 12.0 Å². The van der Waals surface area contributed by atoms with Crippen molar-refractivity contribution in [3.05, 3.63) is 52.6 Å². The van der Waals surface area contributed by atoms with Crippen LogP contribution in [0.4, 0.5) is 5.69 Å². The quantitative estimate of drug-likeness (QED) is 0.709. The number of methoxy groups -OCH3 is 1. The molecule has 1 unspecified atom stereocenters. The van der Waals surface area contributed by atoms with Crippen LogP contribution < -0.4 is 19.1 Å². The molecule has 1 aliphatic rings. The topological polar surface area (TPSA) is 84.9 Å². The van der Waals surface area contributed by atoms with Crippen LogP contribution in [0.15, 0.2) is 30.3 Å². The number of rotatable bonds is 6. The molecule has 0 radical (unpaired) electrons. The lowest BCUT2D eigenvalue weighted by molar-refractivity contribution is -0.120. The zero-order valence-corrected chi connectivity index (χ0v) is 20.6. The van der Waals surface area contributed by atoms with E-state index in [1.54, 1.807) is 7.11 Å². The minimum atomic E-state index is -3.68. The molecule has 2 aromatic rings. The number of nitrogens with zero attached hydrogens (tertiary/aromatic N) is 1. The SMILES string of the molecule is COc1ccc2c(c1)C(NC(=O)CN(c1c(C)cc(C)cc1C)S(C)(=O)=O)CC(C)(C)O2. The first-order chi connectivity index (χ1) is 14.8. The monoisotopic (exact) mass is 460 g/mol. The second kappa shape index (κ2) is 8.65. The van der Waals surface area contributed by atoms with Crippen molar-refractivity contribution in [3.8, 4) is 11.5 Å². The third-order valence-electron chi connectivity index (χ3n) is 5.58. The number of hydrogen-bond donors (Lipinski definition) is 1. The smallest absolute Gasteiger partial charge is 0.241 e. The Bertz CT molecular complexity index is 1120. The number of sulfonamides is 1. The third-order valence-corrected chi connectivity index (χ3v) is 6.69. The van der Waals surface area contributed by atoms with Crippen LogP contribution in [0.5, 0.6) is 11.5 Å². The van der Waals surface area contributed by atoms with Crippen LogP contribution in [-0.2, 0) is 14.8 Å². The second-order valence-corrected chi connectivity index (χ2v) is 11.0. The first-order valence-corrected chi connectivity index (χ1v) is 12.4. The molecular weight excluding hydrogens is 428 g/mol. The van der Waals surface area contributed by atoms with Gasteiger partial charge in [0.1, 0.15) is 23.6 Å². The molecule has 1 N–H and O–H groups in total. The highest BCUT2D eigenvalue weighted by molar-refractivity contribution is 7.92. The normalized spacial score (nSPS) is 17.2. The Kier molecular flexibility index (Phi) is 6.47. The average Bonchev–Trinajstić information content (AvgIpc) is 2.64. The van der Waals surface area contributed by atoms with Crippen molar-refractivity contribution in [2.75, 3.05) is 24.2 Å². The Morgan fingerprint density at radius 2 is 1.81 bits per heavy atom. The summed E-state index contributed by atoms with van der Waals surface area (Å²) in [6.07, 6.45) is 1.66. The predicted molar refractivity (Wildman–Crippen MR) is 126 cm³/mol. The van der Waals surface area contributed by atoms with Crippen molar-refractivity contribution < 1.29 is 22.7 Å². The first-order valence-electron chi connectivity index (χ1n) is 10.5. The lowest BCUT2D eigenvalue weighted by Crippen LogP contribution is -2.45. The summed E-state index contributed by atoms with van der Waals surface area (Å²) in [4.78, 5) is 13.1. The van der Waals surface area contributed by atoms with Crippen molar-refractivity contribution in [2.45, 2.75) is 52.7 Å². The predicted octanol–water partition coefficient (Wildman–Crippen LogP) is 3.81. The molecule has 8 heteroatoms. The summed E-state index contributed by atoms with van der Waals surface area (Å²) in [5.74, 6) is 0.957. The molecule has 1 aliphatic heterocycles. The van der Waals surface area contributed by atoms with Crippen LogP contribution in [0.2, 0.25) is 0 Å². The van der Waals surface area contributed by atoms with E-state index in [9.17, 15) is 13.2 Å². The molecule has 0 spiro atoms. The summed E-state index contributed by atoms with van der Waals surface area (Å²) in [5, 5.41) is 3.02. The second-order valence-electron chi connectivity index (χ2n) is 9.11. The molecule has 0 fully saturated rings. The molecule has 174 valence electrons. The maximum atomic E-state index is 13.1. The van der Waals surface area contributed by atoms with Gasteiger partial charge in [0.15, 0.2) is 0 Å². The molecule has 0 aromatic heterocycles. The number of ether oxygens (including phenoxy) is 2. The van der Waals surface area contributed by atoms with Gasteiger partial charge < -0.3 is 14.8 Å². The van der Waals surface area contributed by atoms with Gasteiger partial charge in [-0.15, -0.1) is 0 Å². The Balaban J connectivity index is 1.91. The number of aryl methyl sites for hydroxylation is 3. The molecule has 3 rings (SSSR count). The number of anilines is 1. The van der Waals surface area contributed by atoms with Crippen LogP contribution in [0.1, 0.15) is 48.6 Å². The van der Waals surface area contributed by atoms with Gasteiger partial charge in [-0.3, -0.25) is 9.10 Å². The molecule has 2 aromatic carbocycles. The van der Waals surface area contributed by atoms with Gasteiger partial charge in [0.2, 0.25) is 15.9 Å². The van der Waals surface area contributed by atoms with E-state index in [1.807, 2.05) is 65.0 Å². The molecule has 1 heterocycles. The summed E-state index contributed by atoms with van der Waals surface area (Å²) >= 11 is 0. The Morgan fingerprint density at radius 1 is 1.19 bits per heavy atom. The van der Waals surface area contributed by atoms with Gasteiger partial charge in [-0.1, -0.05) is 17.7 Å². The van der Waals surface area contributed by atoms with Crippen LogP contribution in [0, 0.1) is 20.8 Å². The maximum absolute atomic E-state index is 13.1. The van der Waals surface area contributed by atoms with E-state index in [-0.39, 0.29) is 18.5 Å². The zero-order valence-electron chi connectivity index (χ0n) is 19.8. The van der Waals surface area contributed by atoms with E-state index < -0.39 is 15.6 Å². The van der Waals surface area contributed by atoms with Gasteiger partial charge in [0.05, 0.1) is 25.1 Å². The lowest BCUT2D eigenvalue weighted by atomic mass is 9.89. The third kappa shape index (κ3) is 5.18. The van der Waals surface area contributed by atoms with Crippen molar-refractivity contribution in [1.29, 1.82) is 0 Å². The molecule has 0 saturated heterocycles. The van der Waals surface area contributed by atoms with Gasteiger partial charge >= 0.3 is 0 Å². The zero-order chi connectivity index (χ0) is 23.8. The number of benzene rings is 2. The summed E-state index contributed by atoms with van der Waals surface area (Å²) in [5.41, 5.74) is 3.52. The van der Waals surface area contributed by atoms with E-state index in [1.165, 1.54) is 4.31 Å². The van der Waals surface area contributed by atoms with Crippen LogP contribution in [0.25, 0.3) is 0 Å². The highest BCUT2D eigenvalue weighted by Gasteiger charge is 2.35. The fourth-order valence-electron chi connectivity index (χ4n) is 4.39. The maximum Gasteiger partial charge on any atom is 0.241 e. The van der Waals surface area contributed by atoms with E-state index in [0.717, 1.165) is 28.5 Å². The number of carbonyl (C=O) groups is 1. The molecule has 7 nitrogen and oxygen atoms in total. The summed E-state index contributed by atoms with van der Waals surface area (Å²) in [6, 6.07) is 8.99. The molecule has 0 bridgehead atoms. The minimum absolute atomic E-state index is 0.305. The molecule has 1 amide bonds. The number of nitrogens with one attached hydrogen (secondary N) is 1. The van der Waals surface area contributed by atoms with Gasteiger partial charge in [-0.2, -0.15) is 0 Å². The Hall–Kier alpha value is -2.74. The first kappa shape index (κ1) is 23.9. The molecule has 0 aliphatic carbocycles. The van der Waals surface area contributed by atoms with Crippen LogP contribution in [-0.4, -0.2) is 39.8 Å². The Labute approximate surface area is 190 Å². The summed E-state index contributed by atoms with van der Waals surface area (Å²) in [6.45, 7) is 9.28. The van der Waals surface area contributed by atoms with Crippen LogP contribution in [0.3, 0.4) is 0 Å². The number of fused-ring (bicyclic) bond motifs is 1. The van der Waals surface area contributed by atoms with Gasteiger partial charge in [0.25, 0.3) is 0 Å². The Morgan fingerprint density at radius 3 is 2.38 bits per heavy atom. The van der Waals surface area contributed by atoms with Gasteiger partial charge in [-0.05, 0) is 63.9 Å². The van der Waals surface area contributed by atoms with E-state index in [0.29, 0.717) is 23.6 Å². The van der Waals surface area contributed by atoms with Gasteiger partial charge in [-0.25, -0.2) is 8.42 Å². The van der Waals surface area contributed by atoms with Crippen molar-refractivity contribution in [1.82, 2.24) is 5.32 Å². The van der Waals surface area contributed by atoms with Crippen molar-refractivity contribution in [3.63, 3.8) is 0 Å². The standard InChI is InChI=1S/C24H32N2O5S/c1-15-10-16(2)23(17(3)11-15)26(32(7,28)29)14-22(27)25-20-13-24(4,5)31-21-9-8-18(30-6)12-19(20)21/h8-12,20H,13-14H2,1-7H3,(H,25,27). The van der Waals surface area contributed by atoms with Crippen LogP contribution >= 0.6 is 0 Å². The number of hydrogen-bond acceptors (Lipinski definition) is 5. The van der Waals surface area contributed by atoms with E-state index >= 15 is 0 Å². The number of amides is 1. The molecule has 32 heavy (non-hydrogen) atoms. The summed E-state index contributed by atoms with van der Waals surface area (Å²) < 4.78 is 37.9. The van der Waals surface area contributed by atoms with E-state index in [2.05, 4.69) is 5.32 Å². The molecular formula is C24H32N2O5S. The average molecular weight is 461 g/mol. The molecule has 1 atom stereocenters. The largest absolute Gasteiger partial charge is 0.497 e. The fraction of sp³-hybridized carbons (Fsp3) is 0.458. The fourth-order valence-corrected chi connectivity index (χ4v) is 5.36. The summed E-state index contributed by atoms with van der Waals surface area (Å²) in [7, 11) is -2.10. The highest BCUT2D eigenvalue weighted by atomic mass is 32.2. The van der Waals surface area contributed by atoms with Crippen molar-refractivity contribution >= 4 is 21.6 Å². The minimum Gasteiger partial charge on any atom is -0.497 e. The number of carbonyl (C=O) groups excluding carboxylic acids is 1.